The Bertz CT molecular complexity index is 937. The molecule has 1 aliphatic rings. The van der Waals surface area contributed by atoms with E-state index in [0.29, 0.717) is 0 Å². The lowest BCUT2D eigenvalue weighted by molar-refractivity contribution is -0.384. The molecule has 0 atom stereocenters. The van der Waals surface area contributed by atoms with Gasteiger partial charge in [-0.3, -0.25) is 14.9 Å². The Kier molecular flexibility index (Phi) is 7.53. The lowest BCUT2D eigenvalue weighted by atomic mass is 10.1. The zero-order valence-electron chi connectivity index (χ0n) is 17.5. The third kappa shape index (κ3) is 6.00. The molecule has 1 aliphatic heterocycles. The van der Waals surface area contributed by atoms with Crippen LogP contribution in [0, 0.1) is 10.1 Å². The Morgan fingerprint density at radius 3 is 2.45 bits per heavy atom. The lowest BCUT2D eigenvalue weighted by Crippen LogP contribution is -2.25. The number of ether oxygens (including phenoxy) is 1. The number of nitro benzene ring substituents is 1. The number of carbonyl (C=O) groups excluding carboxylic acids is 2. The van der Waals surface area contributed by atoms with Gasteiger partial charge in [0.1, 0.15) is 5.82 Å². The zero-order chi connectivity index (χ0) is 22.2. The number of amides is 1. The molecule has 0 spiro atoms. The number of hydrogen-bond acceptors (Lipinski definition) is 7. The highest BCUT2D eigenvalue weighted by Crippen LogP contribution is 2.19. The largest absolute Gasteiger partial charge is 0.462 e. The van der Waals surface area contributed by atoms with Gasteiger partial charge < -0.3 is 15.0 Å². The number of non-ortho nitro benzene ring substituents is 1. The van der Waals surface area contributed by atoms with Crippen LogP contribution in [0.4, 0.5) is 11.5 Å². The maximum atomic E-state index is 12.6. The van der Waals surface area contributed by atoms with Gasteiger partial charge in [-0.2, -0.15) is 0 Å². The van der Waals surface area contributed by atoms with Gasteiger partial charge >= 0.3 is 5.97 Å². The van der Waals surface area contributed by atoms with E-state index in [-0.39, 0.29) is 30.0 Å². The molecule has 1 N–H and O–H groups in total. The summed E-state index contributed by atoms with van der Waals surface area (Å²) in [6.07, 6.45) is 6.54. The summed E-state index contributed by atoms with van der Waals surface area (Å²) in [7, 11) is 0. The van der Waals surface area contributed by atoms with E-state index in [9.17, 15) is 19.7 Å². The van der Waals surface area contributed by atoms with E-state index >= 15 is 0 Å². The van der Waals surface area contributed by atoms with Crippen molar-refractivity contribution in [1.82, 2.24) is 10.3 Å². The van der Waals surface area contributed by atoms with E-state index in [1.54, 1.807) is 13.1 Å². The molecule has 2 heterocycles. The lowest BCUT2D eigenvalue weighted by Gasteiger charge is -2.21. The highest BCUT2D eigenvalue weighted by atomic mass is 16.6. The van der Waals surface area contributed by atoms with Crippen LogP contribution in [-0.4, -0.2) is 41.5 Å². The molecule has 1 aromatic carbocycles. The van der Waals surface area contributed by atoms with E-state index in [0.717, 1.165) is 49.4 Å². The van der Waals surface area contributed by atoms with Gasteiger partial charge in [-0.05, 0) is 37.5 Å². The van der Waals surface area contributed by atoms with E-state index in [4.69, 9.17) is 4.74 Å². The first-order chi connectivity index (χ1) is 15.0. The average Bonchev–Trinajstić information content (AvgIpc) is 3.07. The van der Waals surface area contributed by atoms with Crippen molar-refractivity contribution in [2.75, 3.05) is 24.6 Å². The van der Waals surface area contributed by atoms with Gasteiger partial charge in [-0.1, -0.05) is 18.9 Å². The summed E-state index contributed by atoms with van der Waals surface area (Å²) >= 11 is 0. The monoisotopic (exact) mass is 426 g/mol. The minimum atomic E-state index is -0.714. The number of carbonyl (C=O) groups is 2. The number of hydrogen-bond donors (Lipinski definition) is 1. The molecule has 1 fully saturated rings. The van der Waals surface area contributed by atoms with Crippen LogP contribution in [-0.2, 0) is 11.3 Å². The van der Waals surface area contributed by atoms with E-state index < -0.39 is 16.8 Å². The predicted molar refractivity (Wildman–Crippen MR) is 115 cm³/mol. The van der Waals surface area contributed by atoms with Crippen LogP contribution in [0.2, 0.25) is 0 Å². The normalized spacial score (nSPS) is 13.9. The summed E-state index contributed by atoms with van der Waals surface area (Å²) < 4.78 is 4.89. The number of aromatic nitrogens is 1. The number of rotatable bonds is 7. The van der Waals surface area contributed by atoms with E-state index in [1.165, 1.54) is 18.9 Å². The molecule has 0 radical (unpaired) electrons. The minimum absolute atomic E-state index is 0.0198. The predicted octanol–water partition coefficient (Wildman–Crippen LogP) is 3.48. The van der Waals surface area contributed by atoms with Crippen molar-refractivity contribution in [1.29, 1.82) is 0 Å². The molecule has 9 heteroatoms. The van der Waals surface area contributed by atoms with Crippen molar-refractivity contribution in [3.63, 3.8) is 0 Å². The molecule has 2 aromatic rings. The fourth-order valence-electron chi connectivity index (χ4n) is 3.47. The van der Waals surface area contributed by atoms with Crippen LogP contribution in [0.5, 0.6) is 0 Å². The summed E-state index contributed by atoms with van der Waals surface area (Å²) in [4.78, 5) is 41.9. The molecule has 0 unspecified atom stereocenters. The minimum Gasteiger partial charge on any atom is -0.462 e. The van der Waals surface area contributed by atoms with Crippen molar-refractivity contribution in [2.45, 2.75) is 39.2 Å². The molecule has 3 rings (SSSR count). The van der Waals surface area contributed by atoms with Gasteiger partial charge in [-0.25, -0.2) is 9.78 Å². The molecular formula is C22H26N4O5. The van der Waals surface area contributed by atoms with Gasteiger partial charge in [0.15, 0.2) is 0 Å². The molecule has 1 saturated heterocycles. The maximum Gasteiger partial charge on any atom is 0.338 e. The van der Waals surface area contributed by atoms with Gasteiger partial charge in [0.2, 0.25) is 0 Å². The maximum absolute atomic E-state index is 12.6. The Hall–Kier alpha value is -3.49. The van der Waals surface area contributed by atoms with Crippen molar-refractivity contribution < 1.29 is 19.2 Å². The molecule has 164 valence electrons. The van der Waals surface area contributed by atoms with Crippen LogP contribution in [0.15, 0.2) is 36.5 Å². The zero-order valence-corrected chi connectivity index (χ0v) is 17.5. The van der Waals surface area contributed by atoms with Crippen molar-refractivity contribution in [2.24, 2.45) is 0 Å². The summed E-state index contributed by atoms with van der Waals surface area (Å²) in [6.45, 7) is 3.97. The first kappa shape index (κ1) is 22.2. The summed E-state index contributed by atoms with van der Waals surface area (Å²) in [6, 6.07) is 7.38. The van der Waals surface area contributed by atoms with Crippen LogP contribution < -0.4 is 10.2 Å². The second kappa shape index (κ2) is 10.5. The Morgan fingerprint density at radius 2 is 1.84 bits per heavy atom. The Balaban J connectivity index is 1.67. The van der Waals surface area contributed by atoms with Gasteiger partial charge in [-0.15, -0.1) is 0 Å². The van der Waals surface area contributed by atoms with Crippen molar-refractivity contribution in [3.05, 3.63) is 63.3 Å². The van der Waals surface area contributed by atoms with Crippen LogP contribution in [0.3, 0.4) is 0 Å². The summed E-state index contributed by atoms with van der Waals surface area (Å²) in [5.74, 6) is -0.311. The number of nitrogens with zero attached hydrogens (tertiary/aromatic N) is 3. The molecule has 0 aliphatic carbocycles. The Morgan fingerprint density at radius 1 is 1.13 bits per heavy atom. The van der Waals surface area contributed by atoms with Crippen LogP contribution in [0.1, 0.15) is 58.9 Å². The fraction of sp³-hybridized carbons (Fsp3) is 0.409. The number of nitro groups is 1. The van der Waals surface area contributed by atoms with E-state index in [1.807, 2.05) is 12.1 Å². The Labute approximate surface area is 180 Å². The average molecular weight is 426 g/mol. The molecular weight excluding hydrogens is 400 g/mol. The topological polar surface area (TPSA) is 115 Å². The standard InChI is InChI=1S/C22H26N4O5/c1-2-31-22(28)18-11-17(12-19(13-18)26(29)30)21(27)24-15-16-7-8-20(23-14-16)25-9-5-3-4-6-10-25/h7-8,11-14H,2-6,9-10,15H2,1H3,(H,24,27). The molecule has 1 amide bonds. The van der Waals surface area contributed by atoms with Crippen LogP contribution in [0.25, 0.3) is 0 Å². The SMILES string of the molecule is CCOC(=O)c1cc(C(=O)NCc2ccc(N3CCCCCC3)nc2)cc([N+](=O)[O-])c1. The molecule has 1 aromatic heterocycles. The summed E-state index contributed by atoms with van der Waals surface area (Å²) in [5, 5.41) is 13.9. The fourth-order valence-corrected chi connectivity index (χ4v) is 3.47. The first-order valence-corrected chi connectivity index (χ1v) is 10.4. The molecule has 31 heavy (non-hydrogen) atoms. The van der Waals surface area contributed by atoms with Crippen LogP contribution >= 0.6 is 0 Å². The second-order valence-electron chi connectivity index (χ2n) is 7.35. The second-order valence-corrected chi connectivity index (χ2v) is 7.35. The third-order valence-electron chi connectivity index (χ3n) is 5.09. The van der Waals surface area contributed by atoms with Crippen molar-refractivity contribution >= 4 is 23.4 Å². The highest BCUT2D eigenvalue weighted by Gasteiger charge is 2.19. The molecule has 9 nitrogen and oxygen atoms in total. The van der Waals surface area contributed by atoms with Gasteiger partial charge in [0.05, 0.1) is 17.1 Å². The first-order valence-electron chi connectivity index (χ1n) is 10.4. The van der Waals surface area contributed by atoms with Gasteiger partial charge in [0, 0.05) is 43.5 Å². The van der Waals surface area contributed by atoms with E-state index in [2.05, 4.69) is 15.2 Å². The number of anilines is 1. The number of benzene rings is 1. The quantitative estimate of drug-likeness (QED) is 0.409. The highest BCUT2D eigenvalue weighted by molar-refractivity contribution is 5.99. The molecule has 0 bridgehead atoms. The smallest absolute Gasteiger partial charge is 0.338 e. The number of esters is 1. The van der Waals surface area contributed by atoms with Crippen molar-refractivity contribution in [3.8, 4) is 0 Å². The molecule has 0 saturated carbocycles. The van der Waals surface area contributed by atoms with Gasteiger partial charge in [0.25, 0.3) is 11.6 Å². The third-order valence-corrected chi connectivity index (χ3v) is 5.09. The summed E-state index contributed by atoms with van der Waals surface area (Å²) in [5.41, 5.74) is 0.443. The number of pyridine rings is 1. The number of nitrogens with one attached hydrogen (secondary N) is 1.